The Hall–Kier alpha value is -2.76. The van der Waals surface area contributed by atoms with Crippen molar-refractivity contribution in [2.24, 2.45) is 7.05 Å². The number of halogens is 2. The summed E-state index contributed by atoms with van der Waals surface area (Å²) in [5.41, 5.74) is 6.28. The van der Waals surface area contributed by atoms with E-state index in [4.69, 9.17) is 5.73 Å². The molecular weight excluding hydrogens is 402 g/mol. The van der Waals surface area contributed by atoms with E-state index in [2.05, 4.69) is 15.4 Å². The van der Waals surface area contributed by atoms with Gasteiger partial charge in [-0.05, 0) is 18.6 Å². The van der Waals surface area contributed by atoms with Crippen LogP contribution in [-0.2, 0) is 7.05 Å². The number of aliphatic hydroxyl groups is 2. The molecule has 1 aliphatic heterocycles. The lowest BCUT2D eigenvalue weighted by molar-refractivity contribution is 0.198. The minimum absolute atomic E-state index is 0.0445. The summed E-state index contributed by atoms with van der Waals surface area (Å²) in [6.45, 7) is 1.11. The van der Waals surface area contributed by atoms with Gasteiger partial charge in [0.15, 0.2) is 6.23 Å². The maximum Gasteiger partial charge on any atom is 0.171 e. The number of nitrogens with two attached hydrogens (primary N) is 1. The van der Waals surface area contributed by atoms with Crippen LogP contribution in [0.3, 0.4) is 0 Å². The molecule has 8 nitrogen and oxygen atoms in total. The molecule has 2 aromatic heterocycles. The molecule has 0 saturated carbocycles. The Kier molecular flexibility index (Phi) is 5.11. The smallest absolute Gasteiger partial charge is 0.171 e. The van der Waals surface area contributed by atoms with Crippen molar-refractivity contribution in [3.05, 3.63) is 41.7 Å². The van der Waals surface area contributed by atoms with E-state index in [1.54, 1.807) is 17.9 Å². The molecule has 1 aromatic carbocycles. The summed E-state index contributed by atoms with van der Waals surface area (Å²) < 4.78 is 29.7. The first kappa shape index (κ1) is 19.6. The molecule has 0 amide bonds. The topological polar surface area (TPSA) is 112 Å². The number of rotatable bonds is 5. The Bertz CT molecular complexity index is 1020. The quantitative estimate of drug-likeness (QED) is 0.466. The zero-order chi connectivity index (χ0) is 20.7. The van der Waals surface area contributed by atoms with Crippen molar-refractivity contribution >= 4 is 27.8 Å². The summed E-state index contributed by atoms with van der Waals surface area (Å²) in [5, 5.41) is 27.7. The van der Waals surface area contributed by atoms with Gasteiger partial charge in [-0.1, -0.05) is 17.4 Å². The molecule has 3 aromatic rings. The molecule has 29 heavy (non-hydrogen) atoms. The van der Waals surface area contributed by atoms with Crippen LogP contribution in [0.5, 0.6) is 0 Å². The molecule has 154 valence electrons. The number of nitrogens with one attached hydrogen (secondary N) is 1. The second kappa shape index (κ2) is 7.58. The number of anilines is 3. The molecule has 5 N–H and O–H groups in total. The lowest BCUT2D eigenvalue weighted by Crippen LogP contribution is -2.25. The first-order valence-electron chi connectivity index (χ1n) is 8.95. The zero-order valence-electron chi connectivity index (χ0n) is 15.5. The van der Waals surface area contributed by atoms with Gasteiger partial charge in [0.1, 0.15) is 33.2 Å². The lowest BCUT2D eigenvalue weighted by Gasteiger charge is -2.21. The number of nitrogen functional groups attached to an aromatic ring is 1. The molecule has 1 fully saturated rings. The fraction of sp³-hybridized carbons (Fsp3) is 0.333. The van der Waals surface area contributed by atoms with Crippen molar-refractivity contribution in [1.82, 2.24) is 14.8 Å². The van der Waals surface area contributed by atoms with Gasteiger partial charge in [0.05, 0.1) is 23.6 Å². The summed E-state index contributed by atoms with van der Waals surface area (Å²) in [6, 6.07) is 3.54. The van der Waals surface area contributed by atoms with E-state index in [1.165, 1.54) is 6.07 Å². The highest BCUT2D eigenvalue weighted by atomic mass is 32.1. The number of aliphatic hydroxyl groups excluding tert-OH is 2. The van der Waals surface area contributed by atoms with Gasteiger partial charge < -0.3 is 26.2 Å². The molecule has 2 atom stereocenters. The number of aromatic nitrogens is 3. The van der Waals surface area contributed by atoms with Crippen molar-refractivity contribution in [3.63, 3.8) is 0 Å². The van der Waals surface area contributed by atoms with Gasteiger partial charge in [-0.15, -0.1) is 0 Å². The number of thiazole rings is 1. The van der Waals surface area contributed by atoms with Crippen molar-refractivity contribution < 1.29 is 19.0 Å². The van der Waals surface area contributed by atoms with Gasteiger partial charge in [-0.2, -0.15) is 5.10 Å². The van der Waals surface area contributed by atoms with Gasteiger partial charge >= 0.3 is 0 Å². The minimum Gasteiger partial charge on any atom is -0.391 e. The number of nitrogens with zero attached hydrogens (tertiary/aromatic N) is 4. The number of benzene rings is 1. The molecule has 4 rings (SSSR count). The predicted molar refractivity (Wildman–Crippen MR) is 107 cm³/mol. The summed E-state index contributed by atoms with van der Waals surface area (Å²) in [7, 11) is 1.76. The Labute approximate surface area is 169 Å². The third kappa shape index (κ3) is 3.63. The van der Waals surface area contributed by atoms with Crippen LogP contribution in [0, 0.1) is 11.6 Å². The highest BCUT2D eigenvalue weighted by Gasteiger charge is 2.27. The van der Waals surface area contributed by atoms with Gasteiger partial charge in [-0.25, -0.2) is 13.8 Å². The van der Waals surface area contributed by atoms with Crippen LogP contribution in [0.15, 0.2) is 24.4 Å². The Morgan fingerprint density at radius 2 is 2.07 bits per heavy atom. The van der Waals surface area contributed by atoms with Crippen LogP contribution in [0.1, 0.15) is 18.3 Å². The van der Waals surface area contributed by atoms with E-state index in [0.717, 1.165) is 23.5 Å². The molecule has 1 aliphatic rings. The van der Waals surface area contributed by atoms with Crippen LogP contribution in [0.4, 0.5) is 25.3 Å². The molecule has 1 unspecified atom stereocenters. The van der Waals surface area contributed by atoms with E-state index >= 15 is 0 Å². The molecule has 0 aliphatic carbocycles. The average Bonchev–Trinajstić information content (AvgIpc) is 3.34. The van der Waals surface area contributed by atoms with Crippen LogP contribution < -0.4 is 16.0 Å². The maximum atomic E-state index is 14.1. The molecule has 0 spiro atoms. The van der Waals surface area contributed by atoms with E-state index < -0.39 is 24.0 Å². The second-order valence-electron chi connectivity index (χ2n) is 6.81. The van der Waals surface area contributed by atoms with Crippen molar-refractivity contribution in [2.75, 3.05) is 29.0 Å². The number of hydrogen-bond donors (Lipinski definition) is 4. The standard InChI is InChI=1S/C18H20F2N6O2S/c1-25-18(26-6-5-9(27)8-26)12(7-22-25)23-16(28)14-15(21)29-17(24-14)13-10(19)3-2-4-11(13)20/h2-4,7,9,16,23,27-28H,5-6,8,21H2,1H3/t9-,16?/m0/s1. The van der Waals surface area contributed by atoms with Gasteiger partial charge in [-0.3, -0.25) is 4.68 Å². The summed E-state index contributed by atoms with van der Waals surface area (Å²) in [5.74, 6) is -0.806. The Morgan fingerprint density at radius 1 is 1.34 bits per heavy atom. The van der Waals surface area contributed by atoms with Crippen molar-refractivity contribution in [1.29, 1.82) is 0 Å². The number of hydrogen-bond acceptors (Lipinski definition) is 8. The van der Waals surface area contributed by atoms with E-state index in [1.807, 2.05) is 4.90 Å². The minimum atomic E-state index is -1.31. The third-order valence-electron chi connectivity index (χ3n) is 4.78. The first-order chi connectivity index (χ1) is 13.8. The number of β-amino-alcohol motifs (C(OH)–C–C–N with tert-alkyl or cyclic N) is 1. The summed E-state index contributed by atoms with van der Waals surface area (Å²) >= 11 is 0.892. The van der Waals surface area contributed by atoms with Crippen LogP contribution in [0.25, 0.3) is 10.6 Å². The largest absolute Gasteiger partial charge is 0.391 e. The Balaban J connectivity index is 1.61. The van der Waals surface area contributed by atoms with Gasteiger partial charge in [0.2, 0.25) is 0 Å². The molecule has 11 heteroatoms. The lowest BCUT2D eigenvalue weighted by atomic mass is 10.2. The van der Waals surface area contributed by atoms with E-state index in [9.17, 15) is 19.0 Å². The average molecular weight is 422 g/mol. The Morgan fingerprint density at radius 3 is 2.72 bits per heavy atom. The van der Waals surface area contributed by atoms with Crippen molar-refractivity contribution in [3.8, 4) is 10.6 Å². The maximum absolute atomic E-state index is 14.1. The van der Waals surface area contributed by atoms with Crippen LogP contribution >= 0.6 is 11.3 Å². The molecular formula is C18H20F2N6O2S. The monoisotopic (exact) mass is 422 g/mol. The molecule has 3 heterocycles. The van der Waals surface area contributed by atoms with E-state index in [-0.39, 0.29) is 21.3 Å². The number of aryl methyl sites for hydroxylation is 1. The fourth-order valence-corrected chi connectivity index (χ4v) is 4.32. The highest BCUT2D eigenvalue weighted by Crippen LogP contribution is 2.37. The molecule has 1 saturated heterocycles. The van der Waals surface area contributed by atoms with Crippen LogP contribution in [-0.4, -0.2) is 44.2 Å². The summed E-state index contributed by atoms with van der Waals surface area (Å²) in [4.78, 5) is 6.12. The summed E-state index contributed by atoms with van der Waals surface area (Å²) in [6.07, 6.45) is 0.452. The normalized spacial score (nSPS) is 17.7. The van der Waals surface area contributed by atoms with Gasteiger partial charge in [0, 0.05) is 20.1 Å². The fourth-order valence-electron chi connectivity index (χ4n) is 3.41. The van der Waals surface area contributed by atoms with E-state index in [0.29, 0.717) is 31.0 Å². The van der Waals surface area contributed by atoms with Crippen molar-refractivity contribution in [2.45, 2.75) is 18.8 Å². The third-order valence-corrected chi connectivity index (χ3v) is 5.70. The highest BCUT2D eigenvalue weighted by molar-refractivity contribution is 7.18. The van der Waals surface area contributed by atoms with Crippen LogP contribution in [0.2, 0.25) is 0 Å². The second-order valence-corrected chi connectivity index (χ2v) is 7.84. The zero-order valence-corrected chi connectivity index (χ0v) is 16.3. The SMILES string of the molecule is Cn1ncc(NC(O)c2nc(-c3c(F)cccc3F)sc2N)c1N1CC[C@H](O)C1. The predicted octanol–water partition coefficient (Wildman–Crippen LogP) is 2.08. The molecule has 0 radical (unpaired) electrons. The first-order valence-corrected chi connectivity index (χ1v) is 9.77. The molecule has 0 bridgehead atoms. The van der Waals surface area contributed by atoms with Gasteiger partial charge in [0.25, 0.3) is 0 Å².